The zero-order chi connectivity index (χ0) is 19.6. The number of hydrogen-bond acceptors (Lipinski definition) is 1. The highest BCUT2D eigenvalue weighted by Gasteiger charge is 2.28. The number of benzene rings is 2. The van der Waals surface area contributed by atoms with Gasteiger partial charge in [0.05, 0.1) is 0 Å². The van der Waals surface area contributed by atoms with Crippen molar-refractivity contribution in [2.75, 3.05) is 9.80 Å². The number of fused-ring (bicyclic) bond motifs is 1. The van der Waals surface area contributed by atoms with Gasteiger partial charge in [-0.1, -0.05) is 31.2 Å². The fraction of sp³-hybridized carbons (Fsp3) is 0.458. The molecule has 0 heterocycles. The first-order valence-corrected chi connectivity index (χ1v) is 10.3. The standard InChI is InChI=1S/C24H33N3/c1-6-19-10-7-13-21(16-19)26(17(2)3)24(25)27(18(4)5)23-15-9-12-20-11-8-14-22(20)23/h7,9-10,12-13,15-18,25H,6,8,11,14H2,1-5H3. The first-order chi connectivity index (χ1) is 12.9. The van der Waals surface area contributed by atoms with Crippen LogP contribution in [-0.2, 0) is 19.3 Å². The Bertz CT molecular complexity index is 807. The SMILES string of the molecule is CCc1cccc(N(C(=N)N(c2cccc3c2CCC3)C(C)C)C(C)C)c1. The minimum Gasteiger partial charge on any atom is -0.310 e. The van der Waals surface area contributed by atoms with E-state index in [0.29, 0.717) is 5.96 Å². The molecular weight excluding hydrogens is 330 g/mol. The highest BCUT2D eigenvalue weighted by Crippen LogP contribution is 2.34. The molecule has 3 heteroatoms. The highest BCUT2D eigenvalue weighted by molar-refractivity contribution is 6.06. The van der Waals surface area contributed by atoms with E-state index in [9.17, 15) is 5.41 Å². The Labute approximate surface area is 164 Å². The summed E-state index contributed by atoms with van der Waals surface area (Å²) in [7, 11) is 0. The van der Waals surface area contributed by atoms with Crippen LogP contribution in [0.2, 0.25) is 0 Å². The minimum absolute atomic E-state index is 0.211. The van der Waals surface area contributed by atoms with Gasteiger partial charge in [0.25, 0.3) is 0 Å². The average molecular weight is 364 g/mol. The molecule has 1 aliphatic carbocycles. The van der Waals surface area contributed by atoms with Crippen LogP contribution in [-0.4, -0.2) is 18.0 Å². The number of guanidine groups is 1. The van der Waals surface area contributed by atoms with Crippen molar-refractivity contribution in [3.05, 3.63) is 59.2 Å². The van der Waals surface area contributed by atoms with Gasteiger partial charge in [-0.05, 0) is 88.3 Å². The van der Waals surface area contributed by atoms with Crippen LogP contribution >= 0.6 is 0 Å². The van der Waals surface area contributed by atoms with Crippen LogP contribution in [0.1, 0.15) is 57.7 Å². The summed E-state index contributed by atoms with van der Waals surface area (Å²) in [5.41, 5.74) is 6.51. The lowest BCUT2D eigenvalue weighted by atomic mass is 10.1. The molecule has 0 atom stereocenters. The monoisotopic (exact) mass is 363 g/mol. The molecule has 0 saturated carbocycles. The van der Waals surface area contributed by atoms with Crippen molar-refractivity contribution in [3.63, 3.8) is 0 Å². The van der Waals surface area contributed by atoms with Gasteiger partial charge in [0.1, 0.15) is 0 Å². The molecule has 1 N–H and O–H groups in total. The largest absolute Gasteiger partial charge is 0.310 e. The van der Waals surface area contributed by atoms with Gasteiger partial charge in [0.15, 0.2) is 0 Å². The van der Waals surface area contributed by atoms with Crippen molar-refractivity contribution in [2.45, 2.75) is 72.4 Å². The Kier molecular flexibility index (Phi) is 5.88. The third kappa shape index (κ3) is 3.87. The Morgan fingerprint density at radius 1 is 0.963 bits per heavy atom. The van der Waals surface area contributed by atoms with Crippen LogP contribution in [0.4, 0.5) is 11.4 Å². The maximum absolute atomic E-state index is 9.18. The molecule has 3 rings (SSSR count). The second-order valence-corrected chi connectivity index (χ2v) is 8.04. The van der Waals surface area contributed by atoms with Gasteiger partial charge >= 0.3 is 0 Å². The molecule has 0 amide bonds. The number of nitrogens with one attached hydrogen (secondary N) is 1. The number of anilines is 2. The first kappa shape index (κ1) is 19.5. The van der Waals surface area contributed by atoms with Crippen LogP contribution in [0.3, 0.4) is 0 Å². The molecule has 144 valence electrons. The summed E-state index contributed by atoms with van der Waals surface area (Å²) in [6.07, 6.45) is 4.51. The molecule has 0 spiro atoms. The predicted molar refractivity (Wildman–Crippen MR) is 117 cm³/mol. The van der Waals surface area contributed by atoms with Crippen molar-refractivity contribution in [1.82, 2.24) is 0 Å². The Hall–Kier alpha value is -2.29. The smallest absolute Gasteiger partial charge is 0.203 e. The quantitative estimate of drug-likeness (QED) is 0.537. The van der Waals surface area contributed by atoms with Gasteiger partial charge in [0.2, 0.25) is 5.96 Å². The minimum atomic E-state index is 0.211. The normalized spacial score (nSPS) is 13.1. The van der Waals surface area contributed by atoms with E-state index in [-0.39, 0.29) is 12.1 Å². The van der Waals surface area contributed by atoms with Crippen molar-refractivity contribution in [1.29, 1.82) is 5.41 Å². The molecule has 0 radical (unpaired) electrons. The lowest BCUT2D eigenvalue weighted by Gasteiger charge is -2.39. The molecule has 0 saturated heterocycles. The lowest BCUT2D eigenvalue weighted by molar-refractivity contribution is 0.744. The van der Waals surface area contributed by atoms with Crippen LogP contribution in [0.5, 0.6) is 0 Å². The Balaban J connectivity index is 2.04. The molecule has 0 bridgehead atoms. The van der Waals surface area contributed by atoms with Gasteiger partial charge in [-0.2, -0.15) is 0 Å². The second kappa shape index (κ2) is 8.16. The number of nitrogens with zero attached hydrogens (tertiary/aromatic N) is 2. The summed E-state index contributed by atoms with van der Waals surface area (Å²) < 4.78 is 0. The molecule has 0 unspecified atom stereocenters. The van der Waals surface area contributed by atoms with E-state index in [0.717, 1.165) is 24.9 Å². The summed E-state index contributed by atoms with van der Waals surface area (Å²) in [5.74, 6) is 0.563. The zero-order valence-corrected chi connectivity index (χ0v) is 17.4. The molecule has 0 aliphatic heterocycles. The van der Waals surface area contributed by atoms with Gasteiger partial charge < -0.3 is 9.80 Å². The molecule has 0 aromatic heterocycles. The summed E-state index contributed by atoms with van der Waals surface area (Å²) in [6, 6.07) is 15.7. The maximum atomic E-state index is 9.18. The van der Waals surface area contributed by atoms with E-state index in [1.165, 1.54) is 28.8 Å². The van der Waals surface area contributed by atoms with E-state index in [1.54, 1.807) is 0 Å². The van der Waals surface area contributed by atoms with Crippen molar-refractivity contribution >= 4 is 17.3 Å². The first-order valence-electron chi connectivity index (χ1n) is 10.3. The summed E-state index contributed by atoms with van der Waals surface area (Å²) in [4.78, 5) is 4.37. The predicted octanol–water partition coefficient (Wildman–Crippen LogP) is 5.80. The van der Waals surface area contributed by atoms with E-state index in [4.69, 9.17) is 0 Å². The van der Waals surface area contributed by atoms with Crippen LogP contribution < -0.4 is 9.80 Å². The Morgan fingerprint density at radius 2 is 1.67 bits per heavy atom. The van der Waals surface area contributed by atoms with Gasteiger partial charge in [0, 0.05) is 23.5 Å². The van der Waals surface area contributed by atoms with Crippen molar-refractivity contribution in [2.24, 2.45) is 0 Å². The fourth-order valence-corrected chi connectivity index (χ4v) is 4.17. The zero-order valence-electron chi connectivity index (χ0n) is 17.4. The number of rotatable bonds is 5. The highest BCUT2D eigenvalue weighted by atomic mass is 15.4. The average Bonchev–Trinajstić information content (AvgIpc) is 3.11. The second-order valence-electron chi connectivity index (χ2n) is 8.04. The molecule has 0 fully saturated rings. The molecule has 3 nitrogen and oxygen atoms in total. The third-order valence-electron chi connectivity index (χ3n) is 5.47. The molecule has 2 aromatic rings. The molecule has 27 heavy (non-hydrogen) atoms. The molecular formula is C24H33N3. The maximum Gasteiger partial charge on any atom is 0.203 e. The van der Waals surface area contributed by atoms with Crippen LogP contribution in [0.25, 0.3) is 0 Å². The topological polar surface area (TPSA) is 30.3 Å². The van der Waals surface area contributed by atoms with Crippen LogP contribution in [0.15, 0.2) is 42.5 Å². The number of aryl methyl sites for hydroxylation is 2. The molecule has 2 aromatic carbocycles. The van der Waals surface area contributed by atoms with E-state index >= 15 is 0 Å². The fourth-order valence-electron chi connectivity index (χ4n) is 4.17. The van der Waals surface area contributed by atoms with E-state index in [2.05, 4.69) is 86.9 Å². The summed E-state index contributed by atoms with van der Waals surface area (Å²) in [5, 5.41) is 9.18. The molecule has 1 aliphatic rings. The summed E-state index contributed by atoms with van der Waals surface area (Å²) >= 11 is 0. The van der Waals surface area contributed by atoms with Crippen molar-refractivity contribution < 1.29 is 0 Å². The van der Waals surface area contributed by atoms with Crippen LogP contribution in [0, 0.1) is 5.41 Å². The third-order valence-corrected chi connectivity index (χ3v) is 5.47. The lowest BCUT2D eigenvalue weighted by Crippen LogP contribution is -2.50. The number of hydrogen-bond donors (Lipinski definition) is 1. The van der Waals surface area contributed by atoms with Gasteiger partial charge in [-0.15, -0.1) is 0 Å². The van der Waals surface area contributed by atoms with E-state index < -0.39 is 0 Å². The van der Waals surface area contributed by atoms with Gasteiger partial charge in [-0.3, -0.25) is 5.41 Å². The van der Waals surface area contributed by atoms with Crippen molar-refractivity contribution in [3.8, 4) is 0 Å². The Morgan fingerprint density at radius 3 is 2.33 bits per heavy atom. The van der Waals surface area contributed by atoms with E-state index in [1.807, 2.05) is 0 Å². The van der Waals surface area contributed by atoms with Gasteiger partial charge in [-0.25, -0.2) is 0 Å². The summed E-state index contributed by atoms with van der Waals surface area (Å²) in [6.45, 7) is 10.9.